The van der Waals surface area contributed by atoms with Gasteiger partial charge in [0.15, 0.2) is 23.1 Å². The van der Waals surface area contributed by atoms with Crippen molar-refractivity contribution < 1.29 is 19.7 Å². The van der Waals surface area contributed by atoms with Crippen molar-refractivity contribution in [2.75, 3.05) is 0 Å². The van der Waals surface area contributed by atoms with Crippen LogP contribution in [0.5, 0.6) is 17.2 Å². The fraction of sp³-hybridized carbons (Fsp3) is 0.0476. The zero-order chi connectivity index (χ0) is 22.7. The van der Waals surface area contributed by atoms with Gasteiger partial charge in [0.25, 0.3) is 0 Å². The van der Waals surface area contributed by atoms with Crippen LogP contribution in [0.2, 0.25) is 5.02 Å². The molecule has 3 N–H and O–H groups in total. The summed E-state index contributed by atoms with van der Waals surface area (Å²) in [5.74, 6) is -0.0461. The molecule has 0 atom stereocenters. The van der Waals surface area contributed by atoms with Crippen LogP contribution in [0.15, 0.2) is 74.3 Å². The number of aromatic nitrogens is 3. The molecule has 0 amide bonds. The molecule has 0 aliphatic rings. The highest BCUT2D eigenvalue weighted by atomic mass is 35.5. The summed E-state index contributed by atoms with van der Waals surface area (Å²) >= 11 is 7.53. The quantitative estimate of drug-likeness (QED) is 0.220. The second kappa shape index (κ2) is 9.16. The number of nitrogens with zero attached hydrogens (tertiary/aromatic N) is 4. The van der Waals surface area contributed by atoms with Crippen LogP contribution in [-0.2, 0) is 5.75 Å². The first-order valence-corrected chi connectivity index (χ1v) is 10.5. The minimum Gasteiger partial charge on any atom is -0.504 e. The highest BCUT2D eigenvalue weighted by Gasteiger charge is 2.17. The van der Waals surface area contributed by atoms with Gasteiger partial charge in [-0.2, -0.15) is 9.78 Å². The van der Waals surface area contributed by atoms with E-state index >= 15 is 0 Å². The van der Waals surface area contributed by atoms with Crippen molar-refractivity contribution >= 4 is 29.6 Å². The third-order valence-electron chi connectivity index (χ3n) is 4.26. The summed E-state index contributed by atoms with van der Waals surface area (Å²) in [5.41, 5.74) is 0.588. The third-order valence-corrected chi connectivity index (χ3v) is 5.53. The molecule has 9 nitrogen and oxygen atoms in total. The summed E-state index contributed by atoms with van der Waals surface area (Å²) in [7, 11) is 0. The Hall–Kier alpha value is -3.76. The van der Waals surface area contributed by atoms with E-state index in [1.165, 1.54) is 40.9 Å². The Labute approximate surface area is 190 Å². The Morgan fingerprint density at radius 3 is 2.62 bits per heavy atom. The van der Waals surface area contributed by atoms with Crippen LogP contribution in [-0.4, -0.2) is 36.4 Å². The lowest BCUT2D eigenvalue weighted by atomic mass is 10.2. The monoisotopic (exact) mass is 470 g/mol. The number of hydrogen-bond acceptors (Lipinski definition) is 9. The minimum atomic E-state index is -0.546. The van der Waals surface area contributed by atoms with E-state index in [0.29, 0.717) is 32.9 Å². The van der Waals surface area contributed by atoms with Crippen LogP contribution in [0.25, 0.3) is 11.4 Å². The van der Waals surface area contributed by atoms with Gasteiger partial charge in [0, 0.05) is 11.6 Å². The number of thioether (sulfide) groups is 1. The van der Waals surface area contributed by atoms with Crippen molar-refractivity contribution in [3.8, 4) is 28.6 Å². The van der Waals surface area contributed by atoms with Gasteiger partial charge in [-0.3, -0.25) is 4.79 Å². The largest absolute Gasteiger partial charge is 0.504 e. The highest BCUT2D eigenvalue weighted by Crippen LogP contribution is 2.30. The predicted octanol–water partition coefficient (Wildman–Crippen LogP) is 3.84. The van der Waals surface area contributed by atoms with E-state index < -0.39 is 11.2 Å². The number of halogens is 1. The Morgan fingerprint density at radius 1 is 1.06 bits per heavy atom. The number of rotatable bonds is 6. The summed E-state index contributed by atoms with van der Waals surface area (Å²) in [5, 5.41) is 42.2. The fourth-order valence-electron chi connectivity index (χ4n) is 2.67. The van der Waals surface area contributed by atoms with Crippen molar-refractivity contribution in [1.29, 1.82) is 0 Å². The van der Waals surface area contributed by atoms with Crippen molar-refractivity contribution in [3.63, 3.8) is 0 Å². The molecule has 11 heteroatoms. The molecule has 0 bridgehead atoms. The molecule has 0 aliphatic carbocycles. The summed E-state index contributed by atoms with van der Waals surface area (Å²) in [4.78, 5) is 11.6. The van der Waals surface area contributed by atoms with E-state index in [9.17, 15) is 20.1 Å². The number of aromatic hydroxyl groups is 3. The van der Waals surface area contributed by atoms with Crippen molar-refractivity contribution in [1.82, 2.24) is 14.9 Å². The van der Waals surface area contributed by atoms with E-state index in [4.69, 9.17) is 16.0 Å². The lowest BCUT2D eigenvalue weighted by molar-refractivity contribution is 0.403. The van der Waals surface area contributed by atoms with Crippen LogP contribution in [0.4, 0.5) is 0 Å². The first-order chi connectivity index (χ1) is 15.4. The summed E-state index contributed by atoms with van der Waals surface area (Å²) in [6, 6.07) is 12.6. The molecule has 0 unspecified atom stereocenters. The van der Waals surface area contributed by atoms with Crippen molar-refractivity contribution in [2.45, 2.75) is 10.9 Å². The molecular formula is C21H15ClN4O5S. The average molecular weight is 471 g/mol. The lowest BCUT2D eigenvalue weighted by Gasteiger charge is -2.06. The van der Waals surface area contributed by atoms with Gasteiger partial charge in [-0.05, 0) is 35.9 Å². The number of phenols is 2. The molecule has 2 aromatic heterocycles. The Balaban J connectivity index is 1.70. The first-order valence-electron chi connectivity index (χ1n) is 9.12. The first kappa shape index (κ1) is 21.5. The van der Waals surface area contributed by atoms with E-state index in [1.54, 1.807) is 30.3 Å². The van der Waals surface area contributed by atoms with E-state index in [0.717, 1.165) is 6.26 Å². The maximum atomic E-state index is 11.6. The van der Waals surface area contributed by atoms with Crippen LogP contribution < -0.4 is 5.43 Å². The molecule has 0 fully saturated rings. The maximum Gasteiger partial charge on any atom is 0.226 e. The second-order valence-corrected chi connectivity index (χ2v) is 7.82. The highest BCUT2D eigenvalue weighted by molar-refractivity contribution is 7.98. The van der Waals surface area contributed by atoms with Crippen molar-refractivity contribution in [2.24, 2.45) is 5.10 Å². The molecule has 0 aliphatic heterocycles. The SMILES string of the molecule is O=c1cc(CSc2nnc(-c3ccccc3Cl)n2/N=C/c2ccc(O)c(O)c2)occ1O. The number of benzene rings is 2. The molecule has 32 heavy (non-hydrogen) atoms. The topological polar surface area (TPSA) is 134 Å². The normalized spacial score (nSPS) is 11.3. The van der Waals surface area contributed by atoms with Gasteiger partial charge >= 0.3 is 0 Å². The Morgan fingerprint density at radius 2 is 1.88 bits per heavy atom. The molecule has 0 spiro atoms. The van der Waals surface area contributed by atoms with Gasteiger partial charge in [0.2, 0.25) is 10.6 Å². The van der Waals surface area contributed by atoms with Crippen LogP contribution in [0, 0.1) is 0 Å². The number of hydrogen-bond donors (Lipinski definition) is 3. The molecule has 2 heterocycles. The molecule has 2 aromatic carbocycles. The van der Waals surface area contributed by atoms with Gasteiger partial charge in [-0.15, -0.1) is 10.2 Å². The third kappa shape index (κ3) is 4.61. The van der Waals surface area contributed by atoms with Crippen LogP contribution in [0.1, 0.15) is 11.3 Å². The van der Waals surface area contributed by atoms with Gasteiger partial charge in [-0.1, -0.05) is 35.5 Å². The van der Waals surface area contributed by atoms with E-state index in [-0.39, 0.29) is 17.3 Å². The van der Waals surface area contributed by atoms with E-state index in [2.05, 4.69) is 15.3 Å². The fourth-order valence-corrected chi connectivity index (χ4v) is 3.67. The Kier molecular flexibility index (Phi) is 6.15. The smallest absolute Gasteiger partial charge is 0.226 e. The lowest BCUT2D eigenvalue weighted by Crippen LogP contribution is -2.00. The second-order valence-electron chi connectivity index (χ2n) is 6.48. The molecule has 0 saturated heterocycles. The molecule has 0 radical (unpaired) electrons. The maximum absolute atomic E-state index is 11.6. The number of phenolic OH excluding ortho intramolecular Hbond substituents is 2. The van der Waals surface area contributed by atoms with E-state index in [1.807, 2.05) is 0 Å². The summed E-state index contributed by atoms with van der Waals surface area (Å²) < 4.78 is 6.69. The zero-order valence-electron chi connectivity index (χ0n) is 16.2. The molecule has 0 saturated carbocycles. The van der Waals surface area contributed by atoms with Gasteiger partial charge in [0.05, 0.1) is 17.0 Å². The standard InChI is InChI=1S/C21H15ClN4O5S/c22-15-4-2-1-3-14(15)20-24-25-21(32-11-13-8-18(29)19(30)10-31-13)26(20)23-9-12-5-6-16(27)17(28)7-12/h1-10,27-28,30H,11H2/b23-9+. The summed E-state index contributed by atoms with van der Waals surface area (Å²) in [6.45, 7) is 0. The van der Waals surface area contributed by atoms with Gasteiger partial charge < -0.3 is 19.7 Å². The Bertz CT molecular complexity index is 1370. The van der Waals surface area contributed by atoms with Crippen LogP contribution >= 0.6 is 23.4 Å². The van der Waals surface area contributed by atoms with Gasteiger partial charge in [0.1, 0.15) is 12.0 Å². The molecule has 4 aromatic rings. The zero-order valence-corrected chi connectivity index (χ0v) is 17.8. The average Bonchev–Trinajstić information content (AvgIpc) is 3.18. The minimum absolute atomic E-state index is 0.228. The molecule has 162 valence electrons. The molecular weight excluding hydrogens is 456 g/mol. The van der Waals surface area contributed by atoms with Crippen molar-refractivity contribution in [3.05, 3.63) is 81.4 Å². The molecule has 4 rings (SSSR count). The van der Waals surface area contributed by atoms with Gasteiger partial charge in [-0.25, -0.2) is 0 Å². The summed E-state index contributed by atoms with van der Waals surface area (Å²) in [6.07, 6.45) is 2.45. The van der Waals surface area contributed by atoms with Crippen LogP contribution in [0.3, 0.4) is 0 Å². The predicted molar refractivity (Wildman–Crippen MR) is 119 cm³/mol.